The fourth-order valence-corrected chi connectivity index (χ4v) is 4.35. The monoisotopic (exact) mass is 493 g/mol. The lowest BCUT2D eigenvalue weighted by Gasteiger charge is -2.19. The second-order valence-corrected chi connectivity index (χ2v) is 10.2. The van der Waals surface area contributed by atoms with Crippen LogP contribution in [0.5, 0.6) is 0 Å². The first-order valence-electron chi connectivity index (χ1n) is 15.1. The molecule has 3 N–H and O–H groups in total. The summed E-state index contributed by atoms with van der Waals surface area (Å²) in [7, 11) is 0. The lowest BCUT2D eigenvalue weighted by Crippen LogP contribution is -2.45. The van der Waals surface area contributed by atoms with Gasteiger partial charge in [0.25, 0.3) is 0 Å². The van der Waals surface area contributed by atoms with E-state index in [9.17, 15) is 15.0 Å². The topological polar surface area (TPSA) is 69.6 Å². The fourth-order valence-electron chi connectivity index (χ4n) is 4.35. The van der Waals surface area contributed by atoms with Crippen molar-refractivity contribution in [2.24, 2.45) is 0 Å². The summed E-state index contributed by atoms with van der Waals surface area (Å²) in [6, 6.07) is -0.646. The molecular formula is C31H59NO3. The number of carbonyl (C=O) groups is 1. The summed E-state index contributed by atoms with van der Waals surface area (Å²) in [5.41, 5.74) is 0. The van der Waals surface area contributed by atoms with Crippen LogP contribution in [0, 0.1) is 0 Å². The van der Waals surface area contributed by atoms with Gasteiger partial charge in [-0.05, 0) is 19.3 Å². The van der Waals surface area contributed by atoms with Crippen molar-refractivity contribution in [1.82, 2.24) is 5.32 Å². The molecular weight excluding hydrogens is 434 g/mol. The van der Waals surface area contributed by atoms with Crippen molar-refractivity contribution in [2.45, 2.75) is 161 Å². The summed E-state index contributed by atoms with van der Waals surface area (Å²) in [6.45, 7) is 4.23. The Bertz CT molecular complexity index is 503. The minimum absolute atomic E-state index is 0.0851. The van der Waals surface area contributed by atoms with Gasteiger partial charge < -0.3 is 15.5 Å². The summed E-state index contributed by atoms with van der Waals surface area (Å²) in [4.78, 5) is 12.2. The second kappa shape index (κ2) is 27.5. The first-order chi connectivity index (χ1) is 17.2. The molecule has 0 aliphatic rings. The maximum absolute atomic E-state index is 12.2. The molecule has 0 rings (SSSR count). The van der Waals surface area contributed by atoms with Crippen molar-refractivity contribution in [3.8, 4) is 0 Å². The Morgan fingerprint density at radius 3 is 1.63 bits per heavy atom. The molecule has 4 nitrogen and oxygen atoms in total. The number of nitrogens with one attached hydrogen (secondary N) is 1. The molecule has 0 saturated heterocycles. The smallest absolute Gasteiger partial charge is 0.220 e. The Balaban J connectivity index is 3.75. The van der Waals surface area contributed by atoms with Crippen LogP contribution in [0.3, 0.4) is 0 Å². The number of hydrogen-bond donors (Lipinski definition) is 3. The van der Waals surface area contributed by atoms with Gasteiger partial charge in [-0.2, -0.15) is 0 Å². The predicted octanol–water partition coefficient (Wildman–Crippen LogP) is 8.17. The zero-order valence-electron chi connectivity index (χ0n) is 23.3. The van der Waals surface area contributed by atoms with E-state index in [2.05, 4.69) is 25.2 Å². The molecule has 4 heteroatoms. The number of allylic oxidation sites excluding steroid dienone is 3. The third-order valence-electron chi connectivity index (χ3n) is 6.74. The lowest BCUT2D eigenvalue weighted by atomic mass is 10.0. The lowest BCUT2D eigenvalue weighted by molar-refractivity contribution is -0.123. The van der Waals surface area contributed by atoms with Crippen LogP contribution >= 0.6 is 0 Å². The largest absolute Gasteiger partial charge is 0.394 e. The number of unbranched alkanes of at least 4 members (excludes halogenated alkanes) is 18. The van der Waals surface area contributed by atoms with Crippen molar-refractivity contribution in [2.75, 3.05) is 6.61 Å². The van der Waals surface area contributed by atoms with E-state index >= 15 is 0 Å². The van der Waals surface area contributed by atoms with Gasteiger partial charge in [0, 0.05) is 6.42 Å². The van der Waals surface area contributed by atoms with Gasteiger partial charge in [-0.3, -0.25) is 4.79 Å². The molecule has 1 amide bonds. The molecule has 0 unspecified atom stereocenters. The standard InChI is InChI=1S/C31H59NO3/c1-3-5-7-9-11-13-15-17-19-21-23-25-27-31(35)32-29(28-33)30(34)26-24-22-20-18-16-14-12-10-8-6-4-2/h20,22,24,26,29-30,33-34H,3-19,21,23,25,27-28H2,1-2H3,(H,32,35)/b22-20+,26-24+/t29-,30+/m0/s1. The van der Waals surface area contributed by atoms with Gasteiger partial charge in [-0.15, -0.1) is 0 Å². The van der Waals surface area contributed by atoms with Crippen LogP contribution in [-0.4, -0.2) is 34.9 Å². The molecule has 0 spiro atoms. The van der Waals surface area contributed by atoms with Crippen molar-refractivity contribution >= 4 is 5.91 Å². The second-order valence-electron chi connectivity index (χ2n) is 10.2. The van der Waals surface area contributed by atoms with Gasteiger partial charge in [-0.25, -0.2) is 0 Å². The van der Waals surface area contributed by atoms with E-state index in [1.807, 2.05) is 12.2 Å². The quantitative estimate of drug-likeness (QED) is 0.0840. The van der Waals surface area contributed by atoms with Crippen molar-refractivity contribution in [1.29, 1.82) is 0 Å². The molecule has 0 aromatic carbocycles. The third kappa shape index (κ3) is 24.3. The third-order valence-corrected chi connectivity index (χ3v) is 6.74. The van der Waals surface area contributed by atoms with E-state index in [-0.39, 0.29) is 12.5 Å². The summed E-state index contributed by atoms with van der Waals surface area (Å²) in [6.07, 6.45) is 32.5. The van der Waals surface area contributed by atoms with E-state index in [1.54, 1.807) is 6.08 Å². The molecule has 0 aliphatic heterocycles. The van der Waals surface area contributed by atoms with E-state index in [0.717, 1.165) is 19.3 Å². The van der Waals surface area contributed by atoms with Crippen LogP contribution in [0.15, 0.2) is 24.3 Å². The number of aliphatic hydroxyl groups excluding tert-OH is 2. The molecule has 0 saturated carbocycles. The minimum atomic E-state index is -0.880. The van der Waals surface area contributed by atoms with Gasteiger partial charge >= 0.3 is 0 Å². The Hall–Kier alpha value is -1.13. The molecule has 0 aromatic heterocycles. The number of amides is 1. The first-order valence-corrected chi connectivity index (χ1v) is 15.1. The Morgan fingerprint density at radius 2 is 1.14 bits per heavy atom. The van der Waals surface area contributed by atoms with Crippen LogP contribution in [0.4, 0.5) is 0 Å². The van der Waals surface area contributed by atoms with Gasteiger partial charge in [-0.1, -0.05) is 147 Å². The Labute approximate surface area is 218 Å². The molecule has 0 aromatic rings. The average Bonchev–Trinajstić information content (AvgIpc) is 2.86. The van der Waals surface area contributed by atoms with E-state index < -0.39 is 12.1 Å². The maximum atomic E-state index is 12.2. The predicted molar refractivity (Wildman–Crippen MR) is 152 cm³/mol. The molecule has 2 atom stereocenters. The highest BCUT2D eigenvalue weighted by molar-refractivity contribution is 5.76. The highest BCUT2D eigenvalue weighted by Crippen LogP contribution is 2.13. The van der Waals surface area contributed by atoms with Gasteiger partial charge in [0.2, 0.25) is 5.91 Å². The highest BCUT2D eigenvalue weighted by Gasteiger charge is 2.17. The van der Waals surface area contributed by atoms with E-state index in [4.69, 9.17) is 0 Å². The summed E-state index contributed by atoms with van der Waals surface area (Å²) < 4.78 is 0. The van der Waals surface area contributed by atoms with Crippen LogP contribution in [0.1, 0.15) is 149 Å². The van der Waals surface area contributed by atoms with Crippen LogP contribution in [0.25, 0.3) is 0 Å². The van der Waals surface area contributed by atoms with Gasteiger partial charge in [0.1, 0.15) is 0 Å². The average molecular weight is 494 g/mol. The number of aliphatic hydroxyl groups is 2. The van der Waals surface area contributed by atoms with Crippen LogP contribution in [-0.2, 0) is 4.79 Å². The highest BCUT2D eigenvalue weighted by atomic mass is 16.3. The molecule has 35 heavy (non-hydrogen) atoms. The zero-order valence-corrected chi connectivity index (χ0v) is 23.3. The maximum Gasteiger partial charge on any atom is 0.220 e. The Morgan fingerprint density at radius 1 is 0.686 bits per heavy atom. The minimum Gasteiger partial charge on any atom is -0.394 e. The van der Waals surface area contributed by atoms with Crippen LogP contribution in [0.2, 0.25) is 0 Å². The summed E-state index contributed by atoms with van der Waals surface area (Å²) >= 11 is 0. The van der Waals surface area contributed by atoms with Crippen molar-refractivity contribution in [3.63, 3.8) is 0 Å². The SMILES string of the molecule is CCCCCCCCC/C=C/C=C/[C@@H](O)[C@H](CO)NC(=O)CCCCCCCCCCCCCC. The van der Waals surface area contributed by atoms with Gasteiger partial charge in [0.05, 0.1) is 18.8 Å². The zero-order chi connectivity index (χ0) is 25.8. The first kappa shape index (κ1) is 33.9. The molecule has 0 aliphatic carbocycles. The molecule has 0 bridgehead atoms. The molecule has 0 radical (unpaired) electrons. The van der Waals surface area contributed by atoms with Gasteiger partial charge in [0.15, 0.2) is 0 Å². The van der Waals surface area contributed by atoms with Crippen molar-refractivity contribution < 1.29 is 15.0 Å². The van der Waals surface area contributed by atoms with E-state index in [1.165, 1.54) is 109 Å². The summed E-state index contributed by atoms with van der Waals surface area (Å²) in [5.74, 6) is -0.0851. The fraction of sp³-hybridized carbons (Fsp3) is 0.839. The number of hydrogen-bond acceptors (Lipinski definition) is 3. The Kier molecular flexibility index (Phi) is 26.6. The number of rotatable bonds is 26. The summed E-state index contributed by atoms with van der Waals surface area (Å²) in [5, 5.41) is 22.6. The number of carbonyl (C=O) groups excluding carboxylic acids is 1. The van der Waals surface area contributed by atoms with Crippen LogP contribution < -0.4 is 5.32 Å². The molecule has 206 valence electrons. The molecule has 0 heterocycles. The van der Waals surface area contributed by atoms with Crippen molar-refractivity contribution in [3.05, 3.63) is 24.3 Å². The normalized spacial score (nSPS) is 13.6. The van der Waals surface area contributed by atoms with E-state index in [0.29, 0.717) is 6.42 Å². The molecule has 0 fully saturated rings.